The molecule has 51 heavy (non-hydrogen) atoms. The summed E-state index contributed by atoms with van der Waals surface area (Å²) in [6, 6.07) is 11.6. The maximum Gasteiger partial charge on any atom is 0.326 e. The van der Waals surface area contributed by atoms with E-state index in [0.29, 0.717) is 44.2 Å². The third-order valence-corrected chi connectivity index (χ3v) is 10.00. The van der Waals surface area contributed by atoms with Gasteiger partial charge in [-0.2, -0.15) is 0 Å². The van der Waals surface area contributed by atoms with E-state index in [9.17, 15) is 34.2 Å². The van der Waals surface area contributed by atoms with Gasteiger partial charge in [-0.3, -0.25) is 19.2 Å². The highest BCUT2D eigenvalue weighted by Gasteiger charge is 2.41. The Morgan fingerprint density at radius 3 is 2.04 bits per heavy atom. The molecule has 5 unspecified atom stereocenters. The number of nitrogens with one attached hydrogen (secondary N) is 2. The number of carbonyl (C=O) groups excluding carboxylic acids is 4. The summed E-state index contributed by atoms with van der Waals surface area (Å²) in [4.78, 5) is 70.0. The molecule has 2 heterocycles. The second-order valence-corrected chi connectivity index (χ2v) is 14.0. The molecule has 5 atom stereocenters. The summed E-state index contributed by atoms with van der Waals surface area (Å²) in [6.45, 7) is 2.90. The first-order valence-corrected chi connectivity index (χ1v) is 18.6. The fourth-order valence-electron chi connectivity index (χ4n) is 7.11. The molecule has 278 valence electrons. The number of carboxylic acids is 1. The number of benzene rings is 2. The van der Waals surface area contributed by atoms with Crippen LogP contribution in [0, 0.1) is 0 Å². The Morgan fingerprint density at radius 2 is 1.39 bits per heavy atom. The molecule has 2 saturated heterocycles. The molecular formula is C39H55N5O7. The number of hydrogen-bond donors (Lipinski definition) is 5. The molecule has 4 rings (SSSR count). The zero-order valence-corrected chi connectivity index (χ0v) is 29.8. The van der Waals surface area contributed by atoms with Gasteiger partial charge >= 0.3 is 5.97 Å². The van der Waals surface area contributed by atoms with Crippen LogP contribution in [0.5, 0.6) is 5.75 Å². The molecule has 12 nitrogen and oxygen atoms in total. The molecule has 0 radical (unpaired) electrons. The van der Waals surface area contributed by atoms with E-state index >= 15 is 0 Å². The van der Waals surface area contributed by atoms with E-state index in [1.807, 2.05) is 30.3 Å². The van der Waals surface area contributed by atoms with Crippen LogP contribution in [0.15, 0.2) is 54.6 Å². The van der Waals surface area contributed by atoms with Crippen molar-refractivity contribution < 1.29 is 34.2 Å². The fourth-order valence-corrected chi connectivity index (χ4v) is 7.11. The topological polar surface area (TPSA) is 182 Å². The molecule has 2 fully saturated rings. The molecular weight excluding hydrogens is 650 g/mol. The Hall–Kier alpha value is -4.45. The van der Waals surface area contributed by atoms with Crippen LogP contribution in [0.2, 0.25) is 0 Å². The number of unbranched alkanes of at least 4 members (excludes halogenated alkanes) is 4. The van der Waals surface area contributed by atoms with Crippen LogP contribution in [-0.4, -0.2) is 92.9 Å². The van der Waals surface area contributed by atoms with Gasteiger partial charge in [0.25, 0.3) is 0 Å². The third kappa shape index (κ3) is 11.8. The number of nitrogens with zero attached hydrogens (tertiary/aromatic N) is 2. The van der Waals surface area contributed by atoms with Gasteiger partial charge in [0, 0.05) is 32.0 Å². The second-order valence-electron chi connectivity index (χ2n) is 14.0. The molecule has 0 aromatic heterocycles. The quantitative estimate of drug-likeness (QED) is 0.137. The van der Waals surface area contributed by atoms with Gasteiger partial charge < -0.3 is 36.4 Å². The van der Waals surface area contributed by atoms with E-state index in [0.717, 1.165) is 37.7 Å². The standard InChI is InChI=1S/C39H55N5O7/c1-2-3-4-5-9-14-29(40)26-35(46)43-23-10-15-33(43)36(47)41-31(22-19-27-12-7-6-8-13-27)38(49)44-24-11-16-34(44)37(48)42-32(39(50)51)25-28-17-20-30(45)21-18-28/h6-8,12-13,17-18,20-21,29,31-34,45H,2-5,9-11,14-16,19,22-26,40H2,1H3,(H,41,47)(H,42,48)(H,50,51). The minimum atomic E-state index is -1.24. The highest BCUT2D eigenvalue weighted by Crippen LogP contribution is 2.23. The SMILES string of the molecule is CCCCCCCC(N)CC(=O)N1CCCC1C(=O)NC(CCc1ccccc1)C(=O)N1CCCC1C(=O)NC(Cc1ccc(O)cc1)C(=O)O. The zero-order chi connectivity index (χ0) is 36.8. The van der Waals surface area contributed by atoms with E-state index in [1.165, 1.54) is 23.5 Å². The van der Waals surface area contributed by atoms with Crippen molar-refractivity contribution in [2.24, 2.45) is 5.73 Å². The number of phenolic OH excluding ortho intramolecular Hbond substituents is 1. The molecule has 0 saturated carbocycles. The normalized spacial score (nSPS) is 18.9. The maximum atomic E-state index is 14.2. The Morgan fingerprint density at radius 1 is 0.784 bits per heavy atom. The smallest absolute Gasteiger partial charge is 0.326 e. The van der Waals surface area contributed by atoms with Crippen molar-refractivity contribution in [2.75, 3.05) is 13.1 Å². The van der Waals surface area contributed by atoms with Crippen LogP contribution >= 0.6 is 0 Å². The van der Waals surface area contributed by atoms with Crippen LogP contribution < -0.4 is 16.4 Å². The number of carbonyl (C=O) groups is 5. The maximum absolute atomic E-state index is 14.2. The van der Waals surface area contributed by atoms with Crippen molar-refractivity contribution in [3.63, 3.8) is 0 Å². The molecule has 4 amide bonds. The van der Waals surface area contributed by atoms with Gasteiger partial charge in [0.1, 0.15) is 29.9 Å². The first-order chi connectivity index (χ1) is 24.6. The van der Waals surface area contributed by atoms with E-state index in [2.05, 4.69) is 17.6 Å². The van der Waals surface area contributed by atoms with Gasteiger partial charge in [-0.25, -0.2) is 4.79 Å². The second kappa shape index (κ2) is 19.8. The number of hydrogen-bond acceptors (Lipinski definition) is 7. The summed E-state index contributed by atoms with van der Waals surface area (Å²) in [5.74, 6) is -2.72. The first-order valence-electron chi connectivity index (χ1n) is 18.6. The Balaban J connectivity index is 1.42. The molecule has 2 aliphatic heterocycles. The largest absolute Gasteiger partial charge is 0.508 e. The van der Waals surface area contributed by atoms with Crippen molar-refractivity contribution in [2.45, 2.75) is 127 Å². The van der Waals surface area contributed by atoms with Gasteiger partial charge in [0.2, 0.25) is 23.6 Å². The van der Waals surface area contributed by atoms with Crippen molar-refractivity contribution in [3.8, 4) is 5.75 Å². The van der Waals surface area contributed by atoms with Gasteiger partial charge in [-0.05, 0) is 68.2 Å². The van der Waals surface area contributed by atoms with Crippen molar-refractivity contribution >= 4 is 29.6 Å². The summed E-state index contributed by atoms with van der Waals surface area (Å²) in [5.41, 5.74) is 7.92. The Bertz CT molecular complexity index is 1450. The fraction of sp³-hybridized carbons (Fsp3) is 0.564. The monoisotopic (exact) mass is 705 g/mol. The van der Waals surface area contributed by atoms with Crippen LogP contribution in [-0.2, 0) is 36.8 Å². The number of phenols is 1. The Kier molecular flexibility index (Phi) is 15.3. The lowest BCUT2D eigenvalue weighted by atomic mass is 10.0. The highest BCUT2D eigenvalue weighted by atomic mass is 16.4. The number of rotatable bonds is 19. The van der Waals surface area contributed by atoms with E-state index in [4.69, 9.17) is 5.73 Å². The van der Waals surface area contributed by atoms with Crippen molar-refractivity contribution in [3.05, 3.63) is 65.7 Å². The molecule has 0 spiro atoms. The minimum absolute atomic E-state index is 0.00174. The highest BCUT2D eigenvalue weighted by molar-refractivity contribution is 5.95. The summed E-state index contributed by atoms with van der Waals surface area (Å²) >= 11 is 0. The molecule has 0 bridgehead atoms. The average Bonchev–Trinajstić information content (AvgIpc) is 3.82. The van der Waals surface area contributed by atoms with Gasteiger partial charge in [-0.1, -0.05) is 81.5 Å². The lowest BCUT2D eigenvalue weighted by Crippen LogP contribution is -2.57. The lowest BCUT2D eigenvalue weighted by Gasteiger charge is -2.31. The van der Waals surface area contributed by atoms with E-state index < -0.39 is 47.9 Å². The summed E-state index contributed by atoms with van der Waals surface area (Å²) < 4.78 is 0. The van der Waals surface area contributed by atoms with Crippen LogP contribution in [0.4, 0.5) is 0 Å². The molecule has 2 aromatic carbocycles. The van der Waals surface area contributed by atoms with Crippen LogP contribution in [0.1, 0.15) is 95.1 Å². The molecule has 6 N–H and O–H groups in total. The number of nitrogens with two attached hydrogens (primary N) is 1. The third-order valence-electron chi connectivity index (χ3n) is 10.00. The lowest BCUT2D eigenvalue weighted by molar-refractivity contribution is -0.145. The summed E-state index contributed by atoms with van der Waals surface area (Å²) in [7, 11) is 0. The number of likely N-dealkylation sites (tertiary alicyclic amines) is 2. The molecule has 2 aliphatic rings. The van der Waals surface area contributed by atoms with E-state index in [1.54, 1.807) is 17.0 Å². The van der Waals surface area contributed by atoms with Gasteiger partial charge in [0.05, 0.1) is 0 Å². The first kappa shape index (κ1) is 39.3. The van der Waals surface area contributed by atoms with Gasteiger partial charge in [0.15, 0.2) is 0 Å². The average molecular weight is 706 g/mol. The van der Waals surface area contributed by atoms with Crippen LogP contribution in [0.3, 0.4) is 0 Å². The van der Waals surface area contributed by atoms with Crippen molar-refractivity contribution in [1.82, 2.24) is 20.4 Å². The molecule has 12 heteroatoms. The van der Waals surface area contributed by atoms with Crippen LogP contribution in [0.25, 0.3) is 0 Å². The predicted octanol–water partition coefficient (Wildman–Crippen LogP) is 3.68. The van der Waals surface area contributed by atoms with Gasteiger partial charge in [-0.15, -0.1) is 0 Å². The number of aryl methyl sites for hydroxylation is 1. The molecule has 0 aliphatic carbocycles. The zero-order valence-electron chi connectivity index (χ0n) is 29.8. The number of amides is 4. The predicted molar refractivity (Wildman–Crippen MR) is 194 cm³/mol. The number of aromatic hydroxyl groups is 1. The number of carboxylic acid groups (broad SMARTS) is 1. The minimum Gasteiger partial charge on any atom is -0.508 e. The van der Waals surface area contributed by atoms with Crippen molar-refractivity contribution in [1.29, 1.82) is 0 Å². The Labute approximate surface area is 301 Å². The summed E-state index contributed by atoms with van der Waals surface area (Å²) in [6.07, 6.45) is 9.30. The summed E-state index contributed by atoms with van der Waals surface area (Å²) in [5, 5.41) is 25.0. The number of aliphatic carboxylic acids is 1. The molecule has 2 aromatic rings. The van der Waals surface area contributed by atoms with E-state index in [-0.39, 0.29) is 43.5 Å².